The molecule has 1 aromatic carbocycles. The van der Waals surface area contributed by atoms with Gasteiger partial charge in [-0.3, -0.25) is 10.1 Å². The molecule has 0 saturated heterocycles. The first kappa shape index (κ1) is 18.3. The van der Waals surface area contributed by atoms with E-state index in [2.05, 4.69) is 10.3 Å². The normalized spacial score (nSPS) is 11.1. The number of carbonyl (C=O) groups excluding carboxylic acids is 1. The van der Waals surface area contributed by atoms with Gasteiger partial charge in [0.25, 0.3) is 0 Å². The first-order valence-corrected chi connectivity index (χ1v) is 8.60. The van der Waals surface area contributed by atoms with Gasteiger partial charge in [-0.1, -0.05) is 11.6 Å². The molecule has 0 bridgehead atoms. The summed E-state index contributed by atoms with van der Waals surface area (Å²) in [4.78, 5) is 16.1. The molecule has 0 aliphatic carbocycles. The minimum atomic E-state index is -0.262. The largest absolute Gasteiger partial charge is 0.493 e. The number of carbonyl (C=O) groups is 1. The molecule has 1 N–H and O–H groups in total. The Hall–Kier alpha value is -2.05. The molecule has 0 radical (unpaired) electrons. The highest BCUT2D eigenvalue weighted by Gasteiger charge is 2.12. The molecule has 0 aliphatic heterocycles. The molecule has 2 rings (SSSR count). The highest BCUT2D eigenvalue weighted by molar-refractivity contribution is 7.13. The van der Waals surface area contributed by atoms with Gasteiger partial charge in [-0.2, -0.15) is 0 Å². The van der Waals surface area contributed by atoms with Gasteiger partial charge in [-0.15, -0.1) is 11.3 Å². The predicted octanol–water partition coefficient (Wildman–Crippen LogP) is 4.55. The van der Waals surface area contributed by atoms with Gasteiger partial charge in [0.2, 0.25) is 5.91 Å². The molecule has 5 nitrogen and oxygen atoms in total. The number of amides is 1. The van der Waals surface area contributed by atoms with E-state index in [1.807, 2.05) is 26.2 Å². The molecule has 2 aromatic rings. The first-order valence-electron chi connectivity index (χ1n) is 7.34. The molecule has 24 heavy (non-hydrogen) atoms. The van der Waals surface area contributed by atoms with Crippen LogP contribution in [0.5, 0.6) is 11.5 Å². The third-order valence-corrected chi connectivity index (χ3v) is 4.04. The van der Waals surface area contributed by atoms with Crippen molar-refractivity contribution in [2.75, 3.05) is 12.4 Å². The van der Waals surface area contributed by atoms with Crippen molar-refractivity contribution in [2.45, 2.75) is 26.9 Å². The number of rotatable bonds is 6. The second-order valence-corrected chi connectivity index (χ2v) is 6.58. The van der Waals surface area contributed by atoms with Crippen LogP contribution in [0, 0.1) is 6.92 Å². The number of thiazole rings is 1. The van der Waals surface area contributed by atoms with Crippen LogP contribution in [0.3, 0.4) is 0 Å². The number of aryl methyl sites for hydroxylation is 1. The molecular weight excluding hydrogens is 348 g/mol. The Morgan fingerprint density at radius 3 is 2.75 bits per heavy atom. The molecule has 0 aliphatic rings. The van der Waals surface area contributed by atoms with E-state index < -0.39 is 0 Å². The van der Waals surface area contributed by atoms with Gasteiger partial charge >= 0.3 is 0 Å². The summed E-state index contributed by atoms with van der Waals surface area (Å²) in [5.74, 6) is 0.753. The Bertz CT molecular complexity index is 756. The van der Waals surface area contributed by atoms with Crippen LogP contribution in [0.4, 0.5) is 5.13 Å². The van der Waals surface area contributed by atoms with Crippen molar-refractivity contribution >= 4 is 40.1 Å². The third kappa shape index (κ3) is 4.97. The third-order valence-electron chi connectivity index (χ3n) is 2.88. The summed E-state index contributed by atoms with van der Waals surface area (Å²) in [6.07, 6.45) is 3.05. The van der Waals surface area contributed by atoms with Gasteiger partial charge in [0.1, 0.15) is 0 Å². The van der Waals surface area contributed by atoms with E-state index in [0.29, 0.717) is 21.7 Å². The summed E-state index contributed by atoms with van der Waals surface area (Å²) in [6, 6.07) is 3.49. The molecular formula is C17H19ClN2O3S. The number of halogens is 1. The lowest BCUT2D eigenvalue weighted by atomic mass is 10.2. The zero-order valence-electron chi connectivity index (χ0n) is 13.9. The quantitative estimate of drug-likeness (QED) is 0.762. The van der Waals surface area contributed by atoms with E-state index in [9.17, 15) is 4.79 Å². The number of benzene rings is 1. The van der Waals surface area contributed by atoms with Gasteiger partial charge < -0.3 is 9.47 Å². The van der Waals surface area contributed by atoms with E-state index in [4.69, 9.17) is 21.1 Å². The van der Waals surface area contributed by atoms with Gasteiger partial charge in [0, 0.05) is 11.5 Å². The molecule has 0 fully saturated rings. The number of nitrogens with zero attached hydrogens (tertiary/aromatic N) is 1. The van der Waals surface area contributed by atoms with Crippen molar-refractivity contribution in [3.63, 3.8) is 0 Å². The van der Waals surface area contributed by atoms with E-state index >= 15 is 0 Å². The van der Waals surface area contributed by atoms with E-state index in [0.717, 1.165) is 11.3 Å². The van der Waals surface area contributed by atoms with Gasteiger partial charge in [-0.05, 0) is 44.5 Å². The first-order chi connectivity index (χ1) is 11.4. The van der Waals surface area contributed by atoms with Gasteiger partial charge in [-0.25, -0.2) is 4.98 Å². The Labute approximate surface area is 150 Å². The van der Waals surface area contributed by atoms with Crippen molar-refractivity contribution in [2.24, 2.45) is 0 Å². The highest BCUT2D eigenvalue weighted by Crippen LogP contribution is 2.37. The topological polar surface area (TPSA) is 60.5 Å². The number of hydrogen-bond acceptors (Lipinski definition) is 5. The molecule has 1 heterocycles. The van der Waals surface area contributed by atoms with Crippen LogP contribution in [0.2, 0.25) is 5.02 Å². The van der Waals surface area contributed by atoms with E-state index in [1.54, 1.807) is 25.3 Å². The smallest absolute Gasteiger partial charge is 0.250 e. The Morgan fingerprint density at radius 2 is 2.17 bits per heavy atom. The summed E-state index contributed by atoms with van der Waals surface area (Å²) >= 11 is 7.64. The minimum Gasteiger partial charge on any atom is -0.493 e. The number of hydrogen-bond donors (Lipinski definition) is 1. The lowest BCUT2D eigenvalue weighted by molar-refractivity contribution is -0.111. The zero-order valence-corrected chi connectivity index (χ0v) is 15.5. The fourth-order valence-electron chi connectivity index (χ4n) is 1.92. The van der Waals surface area contributed by atoms with E-state index in [-0.39, 0.29) is 12.0 Å². The van der Waals surface area contributed by atoms with Crippen molar-refractivity contribution < 1.29 is 14.3 Å². The maximum absolute atomic E-state index is 11.9. The van der Waals surface area contributed by atoms with Crippen LogP contribution in [0.25, 0.3) is 6.08 Å². The van der Waals surface area contributed by atoms with Gasteiger partial charge in [0.15, 0.2) is 16.6 Å². The average molecular weight is 367 g/mol. The fourth-order valence-corrected chi connectivity index (χ4v) is 2.87. The monoisotopic (exact) mass is 366 g/mol. The molecule has 0 atom stereocenters. The summed E-state index contributed by atoms with van der Waals surface area (Å²) in [5.41, 5.74) is 1.61. The van der Waals surface area contributed by atoms with Crippen LogP contribution in [-0.4, -0.2) is 24.1 Å². The van der Waals surface area contributed by atoms with Crippen molar-refractivity contribution in [3.8, 4) is 11.5 Å². The van der Waals surface area contributed by atoms with Crippen LogP contribution in [0.15, 0.2) is 23.6 Å². The molecule has 0 spiro atoms. The predicted molar refractivity (Wildman–Crippen MR) is 98.3 cm³/mol. The van der Waals surface area contributed by atoms with Crippen molar-refractivity contribution in [1.29, 1.82) is 0 Å². The maximum Gasteiger partial charge on any atom is 0.250 e. The molecule has 1 amide bonds. The molecule has 0 saturated carbocycles. The van der Waals surface area contributed by atoms with Crippen LogP contribution in [0.1, 0.15) is 25.1 Å². The number of anilines is 1. The molecule has 7 heteroatoms. The molecule has 0 unspecified atom stereocenters. The maximum atomic E-state index is 11.9. The lowest BCUT2D eigenvalue weighted by Crippen LogP contribution is -2.08. The summed E-state index contributed by atoms with van der Waals surface area (Å²) in [7, 11) is 1.55. The highest BCUT2D eigenvalue weighted by atomic mass is 35.5. The lowest BCUT2D eigenvalue weighted by Gasteiger charge is -2.15. The second-order valence-electron chi connectivity index (χ2n) is 5.32. The Kier molecular flexibility index (Phi) is 6.23. The SMILES string of the molecule is COc1cc(C=CC(=O)Nc2nc(C)cs2)cc(Cl)c1OC(C)C. The number of aromatic nitrogens is 1. The van der Waals surface area contributed by atoms with Crippen LogP contribution >= 0.6 is 22.9 Å². The molecule has 128 valence electrons. The second kappa shape index (κ2) is 8.17. The van der Waals surface area contributed by atoms with Crippen molar-refractivity contribution in [3.05, 3.63) is 39.9 Å². The van der Waals surface area contributed by atoms with Crippen LogP contribution in [-0.2, 0) is 4.79 Å². The summed E-state index contributed by atoms with van der Waals surface area (Å²) in [5, 5.41) is 5.58. The number of nitrogens with one attached hydrogen (secondary N) is 1. The Balaban J connectivity index is 2.14. The minimum absolute atomic E-state index is 0.0228. The summed E-state index contributed by atoms with van der Waals surface area (Å²) in [6.45, 7) is 5.69. The van der Waals surface area contributed by atoms with Gasteiger partial charge in [0.05, 0.1) is 23.9 Å². The fraction of sp³-hybridized carbons (Fsp3) is 0.294. The molecule has 1 aromatic heterocycles. The standard InChI is InChI=1S/C17H19ClN2O3S/c1-10(2)23-16-13(18)7-12(8-14(16)22-4)5-6-15(21)20-17-19-11(3)9-24-17/h5-10H,1-4H3,(H,19,20,21). The number of ether oxygens (including phenoxy) is 2. The average Bonchev–Trinajstić information content (AvgIpc) is 2.92. The number of methoxy groups -OCH3 is 1. The van der Waals surface area contributed by atoms with Crippen LogP contribution < -0.4 is 14.8 Å². The summed E-state index contributed by atoms with van der Waals surface area (Å²) < 4.78 is 11.0. The van der Waals surface area contributed by atoms with Crippen molar-refractivity contribution in [1.82, 2.24) is 4.98 Å². The zero-order chi connectivity index (χ0) is 17.7. The van der Waals surface area contributed by atoms with E-state index in [1.165, 1.54) is 17.4 Å². The Morgan fingerprint density at radius 1 is 1.42 bits per heavy atom.